The van der Waals surface area contributed by atoms with Crippen LogP contribution in [0.3, 0.4) is 0 Å². The molecule has 0 aromatic heterocycles. The summed E-state index contributed by atoms with van der Waals surface area (Å²) >= 11 is 0. The van der Waals surface area contributed by atoms with Gasteiger partial charge in [0.05, 0.1) is 13.5 Å². The molecule has 0 spiro atoms. The maximum absolute atomic E-state index is 12.4. The third kappa shape index (κ3) is 5.47. The molecule has 1 aliphatic rings. The SMILES string of the molecule is COC(=O)Cc1cccc2c1CCN(C(=O)CNC(=O)OC(C)(C)C)C2. The molecule has 0 bridgehead atoms. The van der Waals surface area contributed by atoms with Crippen molar-refractivity contribution in [3.05, 3.63) is 34.9 Å². The quantitative estimate of drug-likeness (QED) is 0.826. The first kappa shape index (κ1) is 19.8. The maximum Gasteiger partial charge on any atom is 0.408 e. The number of benzene rings is 1. The largest absolute Gasteiger partial charge is 0.469 e. The number of carbonyl (C=O) groups excluding carboxylic acids is 3. The lowest BCUT2D eigenvalue weighted by Crippen LogP contribution is -2.43. The van der Waals surface area contributed by atoms with Crippen LogP contribution in [0.4, 0.5) is 4.79 Å². The zero-order chi connectivity index (χ0) is 19.3. The predicted molar refractivity (Wildman–Crippen MR) is 95.5 cm³/mol. The second kappa shape index (κ2) is 8.21. The highest BCUT2D eigenvalue weighted by Gasteiger charge is 2.24. The van der Waals surface area contributed by atoms with Gasteiger partial charge in [-0.2, -0.15) is 0 Å². The van der Waals surface area contributed by atoms with E-state index in [0.717, 1.165) is 16.7 Å². The predicted octanol–water partition coefficient (Wildman–Crippen LogP) is 1.81. The van der Waals surface area contributed by atoms with Gasteiger partial charge < -0.3 is 19.7 Å². The summed E-state index contributed by atoms with van der Waals surface area (Å²) in [6.45, 7) is 6.19. The van der Waals surface area contributed by atoms with Crippen molar-refractivity contribution in [1.82, 2.24) is 10.2 Å². The van der Waals surface area contributed by atoms with Gasteiger partial charge in [-0.3, -0.25) is 9.59 Å². The average Bonchev–Trinajstić information content (AvgIpc) is 2.57. The zero-order valence-electron chi connectivity index (χ0n) is 15.8. The molecule has 0 saturated carbocycles. The smallest absolute Gasteiger partial charge is 0.408 e. The van der Waals surface area contributed by atoms with E-state index in [1.54, 1.807) is 25.7 Å². The van der Waals surface area contributed by atoms with Gasteiger partial charge >= 0.3 is 12.1 Å². The summed E-state index contributed by atoms with van der Waals surface area (Å²) in [6, 6.07) is 5.75. The monoisotopic (exact) mass is 362 g/mol. The lowest BCUT2D eigenvalue weighted by molar-refractivity contribution is -0.139. The molecule has 0 atom stereocenters. The fourth-order valence-corrected chi connectivity index (χ4v) is 2.87. The summed E-state index contributed by atoms with van der Waals surface area (Å²) in [5.41, 5.74) is 2.45. The molecule has 0 fully saturated rings. The lowest BCUT2D eigenvalue weighted by atomic mass is 9.93. The van der Waals surface area contributed by atoms with Crippen LogP contribution in [0.1, 0.15) is 37.5 Å². The fraction of sp³-hybridized carbons (Fsp3) is 0.526. The summed E-state index contributed by atoms with van der Waals surface area (Å²) < 4.78 is 9.87. The Morgan fingerprint density at radius 1 is 1.23 bits per heavy atom. The summed E-state index contributed by atoms with van der Waals surface area (Å²) in [4.78, 5) is 37.3. The molecule has 7 nitrogen and oxygen atoms in total. The second-order valence-electron chi connectivity index (χ2n) is 7.23. The van der Waals surface area contributed by atoms with Gasteiger partial charge in [-0.25, -0.2) is 4.79 Å². The minimum atomic E-state index is -0.608. The van der Waals surface area contributed by atoms with Crippen LogP contribution >= 0.6 is 0 Å². The first-order chi connectivity index (χ1) is 12.2. The van der Waals surface area contributed by atoms with Crippen molar-refractivity contribution < 1.29 is 23.9 Å². The fourth-order valence-electron chi connectivity index (χ4n) is 2.87. The maximum atomic E-state index is 12.4. The topological polar surface area (TPSA) is 84.9 Å². The molecule has 7 heteroatoms. The van der Waals surface area contributed by atoms with E-state index in [9.17, 15) is 14.4 Å². The minimum absolute atomic E-state index is 0.105. The third-order valence-corrected chi connectivity index (χ3v) is 4.06. The number of esters is 1. The van der Waals surface area contributed by atoms with Gasteiger partial charge in [-0.1, -0.05) is 18.2 Å². The number of hydrogen-bond donors (Lipinski definition) is 1. The van der Waals surface area contributed by atoms with Crippen LogP contribution in [-0.4, -0.2) is 48.7 Å². The Morgan fingerprint density at radius 3 is 2.62 bits per heavy atom. The van der Waals surface area contributed by atoms with Crippen LogP contribution in [0.2, 0.25) is 0 Å². The molecule has 0 unspecified atom stereocenters. The number of carbonyl (C=O) groups is 3. The van der Waals surface area contributed by atoms with Crippen molar-refractivity contribution in [1.29, 1.82) is 0 Å². The van der Waals surface area contributed by atoms with Gasteiger partial charge in [0.25, 0.3) is 0 Å². The van der Waals surface area contributed by atoms with Crippen LogP contribution in [0, 0.1) is 0 Å². The van der Waals surface area contributed by atoms with E-state index in [1.165, 1.54) is 7.11 Å². The molecule has 0 radical (unpaired) electrons. The number of fused-ring (bicyclic) bond motifs is 1. The van der Waals surface area contributed by atoms with Gasteiger partial charge in [0.15, 0.2) is 0 Å². The van der Waals surface area contributed by atoms with E-state index in [2.05, 4.69) is 5.32 Å². The van der Waals surface area contributed by atoms with Crippen molar-refractivity contribution in [2.75, 3.05) is 20.2 Å². The average molecular weight is 362 g/mol. The molecule has 142 valence electrons. The Bertz CT molecular complexity index is 694. The lowest BCUT2D eigenvalue weighted by Gasteiger charge is -2.30. The highest BCUT2D eigenvalue weighted by Crippen LogP contribution is 2.23. The number of ether oxygens (including phenoxy) is 2. The van der Waals surface area contributed by atoms with Gasteiger partial charge in [0.2, 0.25) is 5.91 Å². The highest BCUT2D eigenvalue weighted by molar-refractivity contribution is 5.82. The number of amides is 2. The van der Waals surface area contributed by atoms with E-state index in [4.69, 9.17) is 9.47 Å². The molecule has 0 aliphatic carbocycles. The number of nitrogens with zero attached hydrogens (tertiary/aromatic N) is 1. The van der Waals surface area contributed by atoms with Crippen LogP contribution in [0.5, 0.6) is 0 Å². The van der Waals surface area contributed by atoms with Crippen molar-refractivity contribution >= 4 is 18.0 Å². The zero-order valence-corrected chi connectivity index (χ0v) is 15.8. The summed E-state index contributed by atoms with van der Waals surface area (Å²) in [5.74, 6) is -0.446. The van der Waals surface area contributed by atoms with E-state index in [1.807, 2.05) is 18.2 Å². The molecular weight excluding hydrogens is 336 g/mol. The van der Waals surface area contributed by atoms with Crippen LogP contribution in [-0.2, 0) is 38.4 Å². The number of methoxy groups -OCH3 is 1. The van der Waals surface area contributed by atoms with E-state index in [0.29, 0.717) is 19.5 Å². The minimum Gasteiger partial charge on any atom is -0.469 e. The first-order valence-corrected chi connectivity index (χ1v) is 8.60. The molecule has 1 N–H and O–H groups in total. The molecule has 26 heavy (non-hydrogen) atoms. The van der Waals surface area contributed by atoms with Crippen LogP contribution in [0.15, 0.2) is 18.2 Å². The van der Waals surface area contributed by atoms with E-state index >= 15 is 0 Å². The Balaban J connectivity index is 1.95. The Labute approximate surface area is 153 Å². The van der Waals surface area contributed by atoms with Crippen LogP contribution < -0.4 is 5.32 Å². The number of hydrogen-bond acceptors (Lipinski definition) is 5. The highest BCUT2D eigenvalue weighted by atomic mass is 16.6. The number of alkyl carbamates (subject to hydrolysis) is 1. The Hall–Kier alpha value is -2.57. The standard InChI is InChI=1S/C19H26N2O5/c1-19(2,3)26-18(24)20-11-16(22)21-9-8-15-13(10-17(23)25-4)6-5-7-14(15)12-21/h5-7H,8-12H2,1-4H3,(H,20,24). The summed E-state index contributed by atoms with van der Waals surface area (Å²) in [7, 11) is 1.37. The van der Waals surface area contributed by atoms with Crippen molar-refractivity contribution in [3.63, 3.8) is 0 Å². The van der Waals surface area contributed by atoms with Gasteiger partial charge in [-0.15, -0.1) is 0 Å². The molecule has 0 saturated heterocycles. The molecule has 1 heterocycles. The van der Waals surface area contributed by atoms with E-state index in [-0.39, 0.29) is 24.8 Å². The van der Waals surface area contributed by atoms with Gasteiger partial charge in [0.1, 0.15) is 12.1 Å². The van der Waals surface area contributed by atoms with Crippen LogP contribution in [0.25, 0.3) is 0 Å². The third-order valence-electron chi connectivity index (χ3n) is 4.06. The molecule has 1 aliphatic heterocycles. The molecule has 1 aromatic carbocycles. The Morgan fingerprint density at radius 2 is 1.96 bits per heavy atom. The van der Waals surface area contributed by atoms with Crippen molar-refractivity contribution in [3.8, 4) is 0 Å². The van der Waals surface area contributed by atoms with Crippen molar-refractivity contribution in [2.45, 2.75) is 45.8 Å². The second-order valence-corrected chi connectivity index (χ2v) is 7.23. The Kier molecular flexibility index (Phi) is 6.23. The molecule has 2 rings (SSSR count). The van der Waals surface area contributed by atoms with Gasteiger partial charge in [-0.05, 0) is 43.9 Å². The summed E-state index contributed by atoms with van der Waals surface area (Å²) in [6.07, 6.45) is 0.290. The molecule has 1 aromatic rings. The van der Waals surface area contributed by atoms with Crippen molar-refractivity contribution in [2.24, 2.45) is 0 Å². The van der Waals surface area contributed by atoms with Gasteiger partial charge in [0, 0.05) is 13.1 Å². The first-order valence-electron chi connectivity index (χ1n) is 8.60. The number of nitrogens with one attached hydrogen (secondary N) is 1. The molecule has 2 amide bonds. The molecular formula is C19H26N2O5. The summed E-state index contributed by atoms with van der Waals surface area (Å²) in [5, 5.41) is 2.49. The number of rotatable bonds is 4. The van der Waals surface area contributed by atoms with E-state index < -0.39 is 11.7 Å². The normalized spacial score (nSPS) is 13.6.